The SMILES string of the molecule is CCCC(CBr)Cn1ncc(C)cc1=O. The molecule has 0 saturated carbocycles. The van der Waals surface area contributed by atoms with E-state index in [1.54, 1.807) is 16.9 Å². The first kappa shape index (κ1) is 12.4. The van der Waals surface area contributed by atoms with E-state index in [2.05, 4.69) is 28.0 Å². The molecule has 0 aromatic carbocycles. The topological polar surface area (TPSA) is 34.9 Å². The molecule has 0 aliphatic heterocycles. The third-order valence-electron chi connectivity index (χ3n) is 2.35. The highest BCUT2D eigenvalue weighted by Crippen LogP contribution is 2.10. The van der Waals surface area contributed by atoms with Crippen molar-refractivity contribution in [2.45, 2.75) is 33.2 Å². The molecule has 3 nitrogen and oxygen atoms in total. The predicted octanol–water partition coefficient (Wildman–Crippen LogP) is 2.36. The van der Waals surface area contributed by atoms with Crippen LogP contribution in [0.15, 0.2) is 17.1 Å². The quantitative estimate of drug-likeness (QED) is 0.772. The first-order valence-corrected chi connectivity index (χ1v) is 6.39. The molecule has 15 heavy (non-hydrogen) atoms. The smallest absolute Gasteiger partial charge is 0.266 e. The summed E-state index contributed by atoms with van der Waals surface area (Å²) in [6.45, 7) is 4.74. The molecule has 1 aromatic heterocycles. The second-order valence-corrected chi connectivity index (χ2v) is 4.51. The Morgan fingerprint density at radius 1 is 1.60 bits per heavy atom. The average molecular weight is 273 g/mol. The molecule has 1 aromatic rings. The molecule has 0 aliphatic carbocycles. The number of aromatic nitrogens is 2. The highest BCUT2D eigenvalue weighted by atomic mass is 79.9. The van der Waals surface area contributed by atoms with Gasteiger partial charge in [0.1, 0.15) is 0 Å². The monoisotopic (exact) mass is 272 g/mol. The number of aryl methyl sites for hydroxylation is 1. The standard InChI is InChI=1S/C11H17BrN2O/c1-3-4-10(6-12)8-14-11(15)5-9(2)7-13-14/h5,7,10H,3-4,6,8H2,1-2H3. The van der Waals surface area contributed by atoms with Gasteiger partial charge in [0.15, 0.2) is 0 Å². The summed E-state index contributed by atoms with van der Waals surface area (Å²) in [7, 11) is 0. The van der Waals surface area contributed by atoms with Crippen molar-refractivity contribution in [3.8, 4) is 0 Å². The van der Waals surface area contributed by atoms with Crippen molar-refractivity contribution >= 4 is 15.9 Å². The zero-order valence-corrected chi connectivity index (χ0v) is 10.8. The minimum Gasteiger partial charge on any atom is -0.268 e. The van der Waals surface area contributed by atoms with Crippen molar-refractivity contribution in [2.24, 2.45) is 5.92 Å². The lowest BCUT2D eigenvalue weighted by Gasteiger charge is -2.13. The average Bonchev–Trinajstić information content (AvgIpc) is 2.21. The van der Waals surface area contributed by atoms with Gasteiger partial charge in [-0.3, -0.25) is 4.79 Å². The van der Waals surface area contributed by atoms with Crippen molar-refractivity contribution in [2.75, 3.05) is 5.33 Å². The molecule has 0 fully saturated rings. The zero-order valence-electron chi connectivity index (χ0n) is 9.24. The minimum absolute atomic E-state index is 0.00273. The molecular weight excluding hydrogens is 256 g/mol. The molecule has 4 heteroatoms. The van der Waals surface area contributed by atoms with E-state index >= 15 is 0 Å². The summed E-state index contributed by atoms with van der Waals surface area (Å²) in [6, 6.07) is 1.63. The van der Waals surface area contributed by atoms with Crippen LogP contribution in [-0.2, 0) is 6.54 Å². The van der Waals surface area contributed by atoms with Gasteiger partial charge in [-0.05, 0) is 24.8 Å². The minimum atomic E-state index is -0.00273. The molecule has 0 amide bonds. The summed E-state index contributed by atoms with van der Waals surface area (Å²) >= 11 is 3.47. The van der Waals surface area contributed by atoms with Crippen LogP contribution in [0.25, 0.3) is 0 Å². The van der Waals surface area contributed by atoms with Crippen LogP contribution in [0.5, 0.6) is 0 Å². The maximum Gasteiger partial charge on any atom is 0.266 e. The Morgan fingerprint density at radius 3 is 2.87 bits per heavy atom. The van der Waals surface area contributed by atoms with Gasteiger partial charge in [0.05, 0.1) is 6.20 Å². The highest BCUT2D eigenvalue weighted by Gasteiger charge is 2.08. The lowest BCUT2D eigenvalue weighted by molar-refractivity contribution is 0.415. The summed E-state index contributed by atoms with van der Waals surface area (Å²) < 4.78 is 1.55. The molecule has 84 valence electrons. The Kier molecular flexibility index (Phi) is 5.02. The Balaban J connectivity index is 2.75. The van der Waals surface area contributed by atoms with E-state index in [4.69, 9.17) is 0 Å². The van der Waals surface area contributed by atoms with E-state index in [1.165, 1.54) is 0 Å². The molecule has 1 heterocycles. The number of hydrogen-bond donors (Lipinski definition) is 0. The number of alkyl halides is 1. The van der Waals surface area contributed by atoms with Gasteiger partial charge < -0.3 is 0 Å². The van der Waals surface area contributed by atoms with Gasteiger partial charge in [-0.2, -0.15) is 5.10 Å². The lowest BCUT2D eigenvalue weighted by atomic mass is 10.1. The summed E-state index contributed by atoms with van der Waals surface area (Å²) in [5.74, 6) is 0.489. The zero-order chi connectivity index (χ0) is 11.3. The number of rotatable bonds is 5. The van der Waals surface area contributed by atoms with Gasteiger partial charge in [0.2, 0.25) is 0 Å². The molecule has 0 bridgehead atoms. The Morgan fingerprint density at radius 2 is 2.33 bits per heavy atom. The molecule has 0 saturated heterocycles. The highest BCUT2D eigenvalue weighted by molar-refractivity contribution is 9.09. The van der Waals surface area contributed by atoms with Crippen LogP contribution < -0.4 is 5.56 Å². The van der Waals surface area contributed by atoms with Gasteiger partial charge in [-0.1, -0.05) is 29.3 Å². The van der Waals surface area contributed by atoms with Crippen LogP contribution in [0.2, 0.25) is 0 Å². The second-order valence-electron chi connectivity index (χ2n) is 3.86. The van der Waals surface area contributed by atoms with Gasteiger partial charge in [0, 0.05) is 17.9 Å². The summed E-state index contributed by atoms with van der Waals surface area (Å²) in [5, 5.41) is 5.05. The summed E-state index contributed by atoms with van der Waals surface area (Å²) in [4.78, 5) is 11.6. The molecule has 0 aliphatic rings. The molecule has 1 rings (SSSR count). The maximum absolute atomic E-state index is 11.6. The number of nitrogens with zero attached hydrogens (tertiary/aromatic N) is 2. The van der Waals surface area contributed by atoms with Crippen LogP contribution >= 0.6 is 15.9 Å². The van der Waals surface area contributed by atoms with Crippen LogP contribution in [0.1, 0.15) is 25.3 Å². The second kappa shape index (κ2) is 6.05. The summed E-state index contributed by atoms with van der Waals surface area (Å²) in [6.07, 6.45) is 3.99. The van der Waals surface area contributed by atoms with Crippen molar-refractivity contribution in [1.82, 2.24) is 9.78 Å². The number of hydrogen-bond acceptors (Lipinski definition) is 2. The van der Waals surface area contributed by atoms with E-state index in [9.17, 15) is 4.79 Å². The summed E-state index contributed by atoms with van der Waals surface area (Å²) in [5.41, 5.74) is 0.916. The first-order chi connectivity index (χ1) is 7.17. The Bertz CT molecular complexity index is 362. The normalized spacial score (nSPS) is 12.7. The fraction of sp³-hybridized carbons (Fsp3) is 0.636. The van der Waals surface area contributed by atoms with Gasteiger partial charge in [-0.25, -0.2) is 4.68 Å². The fourth-order valence-electron chi connectivity index (χ4n) is 1.53. The fourth-order valence-corrected chi connectivity index (χ4v) is 2.06. The lowest BCUT2D eigenvalue weighted by Crippen LogP contribution is -2.26. The van der Waals surface area contributed by atoms with E-state index in [0.717, 1.165) is 23.7 Å². The molecular formula is C11H17BrN2O. The third-order valence-corrected chi connectivity index (χ3v) is 3.27. The molecule has 1 unspecified atom stereocenters. The molecule has 0 spiro atoms. The van der Waals surface area contributed by atoms with Crippen LogP contribution in [0, 0.1) is 12.8 Å². The predicted molar refractivity (Wildman–Crippen MR) is 65.4 cm³/mol. The van der Waals surface area contributed by atoms with Crippen LogP contribution in [0.4, 0.5) is 0 Å². The Hall–Kier alpha value is -0.640. The van der Waals surface area contributed by atoms with Crippen molar-refractivity contribution in [1.29, 1.82) is 0 Å². The molecule has 0 radical (unpaired) electrons. The van der Waals surface area contributed by atoms with E-state index < -0.39 is 0 Å². The van der Waals surface area contributed by atoms with E-state index in [0.29, 0.717) is 12.5 Å². The van der Waals surface area contributed by atoms with Gasteiger partial charge in [-0.15, -0.1) is 0 Å². The van der Waals surface area contributed by atoms with E-state index in [-0.39, 0.29) is 5.56 Å². The molecule has 1 atom stereocenters. The van der Waals surface area contributed by atoms with Crippen molar-refractivity contribution < 1.29 is 0 Å². The van der Waals surface area contributed by atoms with Crippen LogP contribution in [-0.4, -0.2) is 15.1 Å². The van der Waals surface area contributed by atoms with Crippen LogP contribution in [0.3, 0.4) is 0 Å². The largest absolute Gasteiger partial charge is 0.268 e. The third kappa shape index (κ3) is 3.78. The van der Waals surface area contributed by atoms with Crippen molar-refractivity contribution in [3.05, 3.63) is 28.2 Å². The van der Waals surface area contributed by atoms with Gasteiger partial charge in [0.25, 0.3) is 5.56 Å². The maximum atomic E-state index is 11.6. The Labute approximate surface area is 98.6 Å². The first-order valence-electron chi connectivity index (χ1n) is 5.27. The van der Waals surface area contributed by atoms with E-state index in [1.807, 2.05) is 6.92 Å². The molecule has 0 N–H and O–H groups in total. The number of halogens is 1. The van der Waals surface area contributed by atoms with Gasteiger partial charge >= 0.3 is 0 Å². The van der Waals surface area contributed by atoms with Crippen molar-refractivity contribution in [3.63, 3.8) is 0 Å².